The van der Waals surface area contributed by atoms with Crippen molar-refractivity contribution >= 4 is 11.9 Å². The van der Waals surface area contributed by atoms with E-state index < -0.39 is 0 Å². The molecular weight excluding hydrogens is 304 g/mol. The second-order valence-corrected chi connectivity index (χ2v) is 6.45. The maximum Gasteiger partial charge on any atom is 0.251 e. The van der Waals surface area contributed by atoms with Crippen molar-refractivity contribution in [2.24, 2.45) is 4.99 Å². The van der Waals surface area contributed by atoms with Crippen LogP contribution in [0.3, 0.4) is 0 Å². The molecule has 0 saturated carbocycles. The standard InChI is InChI=1S/C18H28N4O2/c1-21(2)18(22(3)4)20-12-14-7-5-8-15(11-14)17(23)19-13-16-9-6-10-24-16/h5,7-8,11,16H,6,9-10,12-13H2,1-4H3,(H,19,23)/t16-/m1/s1. The first-order chi connectivity index (χ1) is 11.5. The van der Waals surface area contributed by atoms with Crippen LogP contribution in [-0.4, -0.2) is 69.1 Å². The van der Waals surface area contributed by atoms with Crippen molar-refractivity contribution in [3.63, 3.8) is 0 Å². The van der Waals surface area contributed by atoms with Crippen molar-refractivity contribution in [2.75, 3.05) is 41.3 Å². The number of guanidine groups is 1. The zero-order valence-electron chi connectivity index (χ0n) is 15.1. The quantitative estimate of drug-likeness (QED) is 0.657. The average Bonchev–Trinajstić information content (AvgIpc) is 3.06. The van der Waals surface area contributed by atoms with Gasteiger partial charge in [-0.1, -0.05) is 12.1 Å². The predicted octanol–water partition coefficient (Wildman–Crippen LogP) is 1.57. The highest BCUT2D eigenvalue weighted by molar-refractivity contribution is 5.94. The minimum absolute atomic E-state index is 0.0585. The number of carbonyl (C=O) groups excluding carboxylic acids is 1. The third-order valence-electron chi connectivity index (χ3n) is 3.91. The van der Waals surface area contributed by atoms with Gasteiger partial charge < -0.3 is 19.9 Å². The van der Waals surface area contributed by atoms with Gasteiger partial charge in [-0.2, -0.15) is 0 Å². The number of nitrogens with zero attached hydrogens (tertiary/aromatic N) is 3. The average molecular weight is 332 g/mol. The summed E-state index contributed by atoms with van der Waals surface area (Å²) in [6.45, 7) is 1.92. The number of hydrogen-bond acceptors (Lipinski definition) is 3. The van der Waals surface area contributed by atoms with E-state index in [1.54, 1.807) is 0 Å². The van der Waals surface area contributed by atoms with Crippen LogP contribution in [0.5, 0.6) is 0 Å². The third kappa shape index (κ3) is 5.23. The van der Waals surface area contributed by atoms with E-state index in [2.05, 4.69) is 10.3 Å². The largest absolute Gasteiger partial charge is 0.376 e. The summed E-state index contributed by atoms with van der Waals surface area (Å²) in [5.74, 6) is 0.833. The molecule has 0 bridgehead atoms. The van der Waals surface area contributed by atoms with E-state index in [9.17, 15) is 4.79 Å². The van der Waals surface area contributed by atoms with E-state index in [4.69, 9.17) is 4.74 Å². The molecule has 6 nitrogen and oxygen atoms in total. The molecule has 1 aromatic rings. The van der Waals surface area contributed by atoms with Gasteiger partial charge in [-0.3, -0.25) is 4.79 Å². The lowest BCUT2D eigenvalue weighted by Crippen LogP contribution is -2.35. The van der Waals surface area contributed by atoms with Crippen molar-refractivity contribution in [1.29, 1.82) is 0 Å². The molecule has 1 N–H and O–H groups in total. The number of nitrogens with one attached hydrogen (secondary N) is 1. The van der Waals surface area contributed by atoms with E-state index in [1.807, 2.05) is 62.3 Å². The number of rotatable bonds is 5. The molecule has 0 aliphatic carbocycles. The molecule has 6 heteroatoms. The number of carbonyl (C=O) groups is 1. The lowest BCUT2D eigenvalue weighted by atomic mass is 10.1. The van der Waals surface area contributed by atoms with Gasteiger partial charge in [0, 0.05) is 46.9 Å². The molecule has 1 aliphatic rings. The molecule has 24 heavy (non-hydrogen) atoms. The first-order valence-electron chi connectivity index (χ1n) is 8.35. The lowest BCUT2D eigenvalue weighted by molar-refractivity contribution is 0.0857. The molecule has 1 saturated heterocycles. The van der Waals surface area contributed by atoms with Gasteiger partial charge in [0.05, 0.1) is 12.6 Å². The minimum Gasteiger partial charge on any atom is -0.376 e. The van der Waals surface area contributed by atoms with Crippen LogP contribution in [0.15, 0.2) is 29.3 Å². The number of benzene rings is 1. The van der Waals surface area contributed by atoms with Crippen LogP contribution in [0.1, 0.15) is 28.8 Å². The van der Waals surface area contributed by atoms with Crippen LogP contribution in [0, 0.1) is 0 Å². The highest BCUT2D eigenvalue weighted by Crippen LogP contribution is 2.11. The first kappa shape index (κ1) is 18.3. The normalized spacial score (nSPS) is 16.6. The first-order valence-corrected chi connectivity index (χ1v) is 8.35. The van der Waals surface area contributed by atoms with Gasteiger partial charge in [0.2, 0.25) is 0 Å². The number of hydrogen-bond donors (Lipinski definition) is 1. The fourth-order valence-corrected chi connectivity index (χ4v) is 2.77. The van der Waals surface area contributed by atoms with Gasteiger partial charge >= 0.3 is 0 Å². The van der Waals surface area contributed by atoms with Gasteiger partial charge in [0.25, 0.3) is 5.91 Å². The molecule has 2 rings (SSSR count). The van der Waals surface area contributed by atoms with Gasteiger partial charge in [0.1, 0.15) is 0 Å². The Kier molecular flexibility index (Phi) is 6.61. The van der Waals surface area contributed by atoms with E-state index in [1.165, 1.54) is 0 Å². The Balaban J connectivity index is 1.97. The topological polar surface area (TPSA) is 57.2 Å². The molecule has 1 atom stereocenters. The maximum atomic E-state index is 12.3. The van der Waals surface area contributed by atoms with Gasteiger partial charge in [-0.05, 0) is 30.5 Å². The van der Waals surface area contributed by atoms with Crippen LogP contribution in [0.4, 0.5) is 0 Å². The fraction of sp³-hybridized carbons (Fsp3) is 0.556. The summed E-state index contributed by atoms with van der Waals surface area (Å²) in [4.78, 5) is 20.8. The number of ether oxygens (including phenoxy) is 1. The Bertz CT molecular complexity index is 568. The molecule has 0 spiro atoms. The molecular formula is C18H28N4O2. The zero-order chi connectivity index (χ0) is 17.5. The summed E-state index contributed by atoms with van der Waals surface area (Å²) >= 11 is 0. The van der Waals surface area contributed by atoms with E-state index in [0.29, 0.717) is 18.7 Å². The summed E-state index contributed by atoms with van der Waals surface area (Å²) in [5, 5.41) is 2.95. The maximum absolute atomic E-state index is 12.3. The monoisotopic (exact) mass is 332 g/mol. The summed E-state index contributed by atoms with van der Waals surface area (Å²) in [6, 6.07) is 7.62. The lowest BCUT2D eigenvalue weighted by Gasteiger charge is -2.22. The summed E-state index contributed by atoms with van der Waals surface area (Å²) in [5.41, 5.74) is 1.68. The van der Waals surface area contributed by atoms with Gasteiger partial charge in [-0.25, -0.2) is 4.99 Å². The smallest absolute Gasteiger partial charge is 0.251 e. The van der Waals surface area contributed by atoms with Crippen molar-refractivity contribution in [2.45, 2.75) is 25.5 Å². The van der Waals surface area contributed by atoms with Crippen LogP contribution in [0.2, 0.25) is 0 Å². The van der Waals surface area contributed by atoms with Crippen molar-refractivity contribution < 1.29 is 9.53 Å². The third-order valence-corrected chi connectivity index (χ3v) is 3.91. The van der Waals surface area contributed by atoms with E-state index in [-0.39, 0.29) is 12.0 Å². The highest BCUT2D eigenvalue weighted by atomic mass is 16.5. The Morgan fingerprint density at radius 1 is 1.29 bits per heavy atom. The Labute approximate surface area is 144 Å². The van der Waals surface area contributed by atoms with Gasteiger partial charge in [0.15, 0.2) is 5.96 Å². The van der Waals surface area contributed by atoms with Gasteiger partial charge in [-0.15, -0.1) is 0 Å². The Morgan fingerprint density at radius 3 is 2.67 bits per heavy atom. The molecule has 1 fully saturated rings. The second kappa shape index (κ2) is 8.68. The van der Waals surface area contributed by atoms with E-state index >= 15 is 0 Å². The van der Waals surface area contributed by atoms with E-state index in [0.717, 1.165) is 31.0 Å². The highest BCUT2D eigenvalue weighted by Gasteiger charge is 2.16. The molecule has 0 aromatic heterocycles. The second-order valence-electron chi connectivity index (χ2n) is 6.45. The summed E-state index contributed by atoms with van der Waals surface area (Å²) in [7, 11) is 7.86. The van der Waals surface area contributed by atoms with Crippen molar-refractivity contribution in [3.05, 3.63) is 35.4 Å². The van der Waals surface area contributed by atoms with Crippen LogP contribution in [0.25, 0.3) is 0 Å². The SMILES string of the molecule is CN(C)C(=NCc1cccc(C(=O)NC[C@H]2CCCO2)c1)N(C)C. The van der Waals surface area contributed by atoms with Crippen molar-refractivity contribution in [3.8, 4) is 0 Å². The molecule has 0 unspecified atom stereocenters. The number of aliphatic imine (C=N–C) groups is 1. The summed E-state index contributed by atoms with van der Waals surface area (Å²) < 4.78 is 5.53. The molecule has 1 heterocycles. The zero-order valence-corrected chi connectivity index (χ0v) is 15.1. The fourth-order valence-electron chi connectivity index (χ4n) is 2.77. The van der Waals surface area contributed by atoms with Crippen LogP contribution < -0.4 is 5.32 Å². The van der Waals surface area contributed by atoms with Crippen LogP contribution >= 0.6 is 0 Å². The molecule has 1 amide bonds. The molecule has 1 aromatic carbocycles. The predicted molar refractivity (Wildman–Crippen MR) is 96.3 cm³/mol. The molecule has 132 valence electrons. The molecule has 0 radical (unpaired) electrons. The summed E-state index contributed by atoms with van der Waals surface area (Å²) in [6.07, 6.45) is 2.26. The minimum atomic E-state index is -0.0585. The Morgan fingerprint density at radius 2 is 2.04 bits per heavy atom. The van der Waals surface area contributed by atoms with Crippen LogP contribution in [-0.2, 0) is 11.3 Å². The Hall–Kier alpha value is -2.08. The molecule has 1 aliphatic heterocycles. The number of amides is 1. The van der Waals surface area contributed by atoms with Crippen molar-refractivity contribution in [1.82, 2.24) is 15.1 Å².